The minimum absolute atomic E-state index is 0.0485. The number of hydrogen-bond acceptors (Lipinski definition) is 2. The lowest BCUT2D eigenvalue weighted by Gasteiger charge is -2.22. The molecule has 1 heterocycles. The second-order valence-electron chi connectivity index (χ2n) is 3.82. The van der Waals surface area contributed by atoms with Crippen molar-refractivity contribution < 1.29 is 9.59 Å². The first kappa shape index (κ1) is 8.53. The maximum absolute atomic E-state index is 11.3. The number of nitrogens with one attached hydrogen (secondary N) is 2. The Morgan fingerprint density at radius 2 is 2.15 bits per heavy atom. The lowest BCUT2D eigenvalue weighted by molar-refractivity contribution is -0.125. The van der Waals surface area contributed by atoms with Crippen LogP contribution in [0.25, 0.3) is 0 Å². The van der Waals surface area contributed by atoms with Crippen molar-refractivity contribution in [1.29, 1.82) is 0 Å². The normalized spacial score (nSPS) is 28.0. The van der Waals surface area contributed by atoms with Crippen molar-refractivity contribution in [3.05, 3.63) is 0 Å². The molecule has 1 saturated heterocycles. The van der Waals surface area contributed by atoms with Crippen LogP contribution in [0.15, 0.2) is 0 Å². The Hall–Kier alpha value is -1.06. The Bertz CT molecular complexity index is 236. The van der Waals surface area contributed by atoms with Gasteiger partial charge in [-0.1, -0.05) is 0 Å². The Balaban J connectivity index is 1.79. The fraction of sp³-hybridized carbons (Fsp3) is 0.778. The summed E-state index contributed by atoms with van der Waals surface area (Å²) < 4.78 is 0. The molecule has 1 unspecified atom stereocenters. The van der Waals surface area contributed by atoms with E-state index in [1.807, 2.05) is 0 Å². The zero-order valence-electron chi connectivity index (χ0n) is 7.51. The Kier molecular flexibility index (Phi) is 2.20. The minimum Gasteiger partial charge on any atom is -0.356 e. The number of amides is 2. The van der Waals surface area contributed by atoms with E-state index in [0.717, 1.165) is 19.3 Å². The molecule has 0 aromatic rings. The zero-order valence-corrected chi connectivity index (χ0v) is 7.51. The number of piperidine rings is 1. The topological polar surface area (TPSA) is 58.2 Å². The molecule has 1 aliphatic carbocycles. The summed E-state index contributed by atoms with van der Waals surface area (Å²) in [6, 6.07) is 0.0712. The fourth-order valence-electron chi connectivity index (χ4n) is 1.57. The van der Waals surface area contributed by atoms with E-state index >= 15 is 0 Å². The summed E-state index contributed by atoms with van der Waals surface area (Å²) in [7, 11) is 0. The van der Waals surface area contributed by atoms with Gasteiger partial charge in [-0.15, -0.1) is 0 Å². The predicted molar refractivity (Wildman–Crippen MR) is 46.9 cm³/mol. The molecule has 1 saturated carbocycles. The van der Waals surface area contributed by atoms with E-state index in [1.54, 1.807) is 0 Å². The van der Waals surface area contributed by atoms with E-state index in [2.05, 4.69) is 10.6 Å². The molecule has 0 aromatic carbocycles. The number of carbonyl (C=O) groups is 2. The van der Waals surface area contributed by atoms with Gasteiger partial charge in [0.2, 0.25) is 11.8 Å². The van der Waals surface area contributed by atoms with Gasteiger partial charge in [0.05, 0.1) is 0 Å². The summed E-state index contributed by atoms with van der Waals surface area (Å²) in [5, 5.41) is 5.65. The van der Waals surface area contributed by atoms with Crippen molar-refractivity contribution in [2.24, 2.45) is 5.92 Å². The molecule has 0 bridgehead atoms. The summed E-state index contributed by atoms with van der Waals surface area (Å²) in [5.41, 5.74) is 0. The smallest absolute Gasteiger partial charge is 0.223 e. The summed E-state index contributed by atoms with van der Waals surface area (Å²) in [4.78, 5) is 22.3. The maximum Gasteiger partial charge on any atom is 0.223 e. The summed E-state index contributed by atoms with van der Waals surface area (Å²) in [6.07, 6.45) is 3.35. The second kappa shape index (κ2) is 3.36. The molecule has 1 aliphatic heterocycles. The lowest BCUT2D eigenvalue weighted by atomic mass is 10.1. The second-order valence-corrected chi connectivity index (χ2v) is 3.82. The van der Waals surface area contributed by atoms with Gasteiger partial charge in [0, 0.05) is 24.9 Å². The van der Waals surface area contributed by atoms with E-state index < -0.39 is 0 Å². The van der Waals surface area contributed by atoms with Gasteiger partial charge in [-0.2, -0.15) is 0 Å². The molecular weight excluding hydrogens is 168 g/mol. The maximum atomic E-state index is 11.3. The molecule has 2 N–H and O–H groups in total. The van der Waals surface area contributed by atoms with Crippen LogP contribution in [0.3, 0.4) is 0 Å². The zero-order chi connectivity index (χ0) is 9.26. The highest BCUT2D eigenvalue weighted by atomic mass is 16.2. The van der Waals surface area contributed by atoms with Gasteiger partial charge in [0.1, 0.15) is 0 Å². The molecule has 0 aromatic heterocycles. The average molecular weight is 182 g/mol. The van der Waals surface area contributed by atoms with Gasteiger partial charge >= 0.3 is 0 Å². The lowest BCUT2D eigenvalue weighted by Crippen LogP contribution is -2.45. The van der Waals surface area contributed by atoms with Crippen LogP contribution >= 0.6 is 0 Å². The Morgan fingerprint density at radius 1 is 1.38 bits per heavy atom. The average Bonchev–Trinajstić information content (AvgIpc) is 2.85. The molecule has 72 valence electrons. The number of carbonyl (C=O) groups excluding carboxylic acids is 2. The largest absolute Gasteiger partial charge is 0.356 e. The van der Waals surface area contributed by atoms with Crippen molar-refractivity contribution in [3.63, 3.8) is 0 Å². The first-order valence-electron chi connectivity index (χ1n) is 4.83. The molecule has 2 amide bonds. The van der Waals surface area contributed by atoms with E-state index in [0.29, 0.717) is 13.0 Å². The van der Waals surface area contributed by atoms with Crippen LogP contribution in [0.4, 0.5) is 0 Å². The first-order valence-corrected chi connectivity index (χ1v) is 4.83. The van der Waals surface area contributed by atoms with E-state index in [1.165, 1.54) is 0 Å². The molecule has 13 heavy (non-hydrogen) atoms. The molecule has 0 radical (unpaired) electrons. The highest BCUT2D eigenvalue weighted by Gasteiger charge is 2.31. The SMILES string of the molecule is O=C1CC(NC(=O)C2CC2)CCN1. The number of hydrogen-bond donors (Lipinski definition) is 2. The highest BCUT2D eigenvalue weighted by molar-refractivity contribution is 5.83. The van der Waals surface area contributed by atoms with E-state index in [-0.39, 0.29) is 23.8 Å². The molecule has 2 aliphatic rings. The van der Waals surface area contributed by atoms with Crippen molar-refractivity contribution in [2.75, 3.05) is 6.54 Å². The molecule has 2 fully saturated rings. The van der Waals surface area contributed by atoms with Crippen LogP contribution in [-0.2, 0) is 9.59 Å². The summed E-state index contributed by atoms with van der Waals surface area (Å²) >= 11 is 0. The third kappa shape index (κ3) is 2.20. The Morgan fingerprint density at radius 3 is 2.77 bits per heavy atom. The Labute approximate surface area is 77.1 Å². The molecular formula is C9H14N2O2. The van der Waals surface area contributed by atoms with Gasteiger partial charge in [-0.3, -0.25) is 9.59 Å². The van der Waals surface area contributed by atoms with Crippen LogP contribution < -0.4 is 10.6 Å². The first-order chi connectivity index (χ1) is 6.25. The van der Waals surface area contributed by atoms with Crippen LogP contribution in [0.2, 0.25) is 0 Å². The van der Waals surface area contributed by atoms with Crippen molar-refractivity contribution in [1.82, 2.24) is 10.6 Å². The van der Waals surface area contributed by atoms with Gasteiger partial charge in [-0.25, -0.2) is 0 Å². The van der Waals surface area contributed by atoms with Gasteiger partial charge < -0.3 is 10.6 Å². The predicted octanol–water partition coefficient (Wildman–Crippen LogP) is -0.209. The molecule has 2 rings (SSSR count). The highest BCUT2D eigenvalue weighted by Crippen LogP contribution is 2.29. The monoisotopic (exact) mass is 182 g/mol. The quantitative estimate of drug-likeness (QED) is 0.621. The summed E-state index contributed by atoms with van der Waals surface area (Å²) in [5.74, 6) is 0.428. The van der Waals surface area contributed by atoms with Gasteiger partial charge in [0.25, 0.3) is 0 Å². The van der Waals surface area contributed by atoms with Crippen LogP contribution in [0.1, 0.15) is 25.7 Å². The standard InChI is InChI=1S/C9H14N2O2/c12-8-5-7(3-4-10-8)11-9(13)6-1-2-6/h6-7H,1-5H2,(H,10,12)(H,11,13). The van der Waals surface area contributed by atoms with Crippen LogP contribution in [-0.4, -0.2) is 24.4 Å². The van der Waals surface area contributed by atoms with E-state index in [9.17, 15) is 9.59 Å². The van der Waals surface area contributed by atoms with Crippen LogP contribution in [0.5, 0.6) is 0 Å². The molecule has 0 spiro atoms. The van der Waals surface area contributed by atoms with E-state index in [4.69, 9.17) is 0 Å². The number of rotatable bonds is 2. The molecule has 4 nitrogen and oxygen atoms in total. The van der Waals surface area contributed by atoms with Crippen LogP contribution in [0, 0.1) is 5.92 Å². The van der Waals surface area contributed by atoms with Crippen molar-refractivity contribution in [3.8, 4) is 0 Å². The third-order valence-electron chi connectivity index (χ3n) is 2.54. The minimum atomic E-state index is 0.0485. The molecule has 1 atom stereocenters. The fourth-order valence-corrected chi connectivity index (χ4v) is 1.57. The van der Waals surface area contributed by atoms with Gasteiger partial charge in [0.15, 0.2) is 0 Å². The van der Waals surface area contributed by atoms with Crippen molar-refractivity contribution >= 4 is 11.8 Å². The molecule has 4 heteroatoms. The summed E-state index contributed by atoms with van der Waals surface area (Å²) in [6.45, 7) is 0.689. The third-order valence-corrected chi connectivity index (χ3v) is 2.54. The van der Waals surface area contributed by atoms with Crippen molar-refractivity contribution in [2.45, 2.75) is 31.7 Å². The van der Waals surface area contributed by atoms with Gasteiger partial charge in [-0.05, 0) is 19.3 Å².